The lowest BCUT2D eigenvalue weighted by molar-refractivity contribution is -0.221. The van der Waals surface area contributed by atoms with E-state index in [4.69, 9.17) is 24.7 Å². The van der Waals surface area contributed by atoms with Gasteiger partial charge in [-0.15, -0.1) is 82.3 Å². The van der Waals surface area contributed by atoms with Gasteiger partial charge in [0.15, 0.2) is 0 Å². The van der Waals surface area contributed by atoms with E-state index in [1.54, 1.807) is 47.0 Å². The first-order valence-electron chi connectivity index (χ1n) is 10.8. The van der Waals surface area contributed by atoms with Gasteiger partial charge in [-0.2, -0.15) is 9.78 Å². The van der Waals surface area contributed by atoms with Gasteiger partial charge >= 0.3 is 12.2 Å². The van der Waals surface area contributed by atoms with Crippen LogP contribution < -0.4 is 10.6 Å². The Labute approximate surface area is 257 Å². The van der Waals surface area contributed by atoms with E-state index in [9.17, 15) is 9.59 Å². The van der Waals surface area contributed by atoms with E-state index in [-0.39, 0.29) is 32.4 Å². The van der Waals surface area contributed by atoms with Gasteiger partial charge in [0.05, 0.1) is 36.7 Å². The van der Waals surface area contributed by atoms with Crippen molar-refractivity contribution in [3.63, 3.8) is 0 Å². The second-order valence-corrected chi connectivity index (χ2v) is 14.0. The zero-order chi connectivity index (χ0) is 28.5. The molecule has 0 heterocycles. The SMILES string of the molecule is O=C(NCSCSC/N=C/OOCSCSCSCNC(=O)OCSCSC/N=C\OOCCO)OCCO. The molecule has 0 aliphatic heterocycles. The Morgan fingerprint density at radius 1 is 0.641 bits per heavy atom. The minimum Gasteiger partial charge on any atom is -0.447 e. The molecule has 21 heteroatoms. The van der Waals surface area contributed by atoms with Crippen molar-refractivity contribution in [2.45, 2.75) is 0 Å². The average Bonchev–Trinajstić information content (AvgIpc) is 2.94. The third kappa shape index (κ3) is 33.9. The summed E-state index contributed by atoms with van der Waals surface area (Å²) in [6.45, 7) is -0.238. The number of aliphatic hydroxyl groups is 2. The second-order valence-electron chi connectivity index (χ2n) is 5.76. The lowest BCUT2D eigenvalue weighted by Gasteiger charge is -2.06. The van der Waals surface area contributed by atoms with Gasteiger partial charge in [-0.25, -0.2) is 19.6 Å². The number of aliphatic hydroxyl groups excluding tert-OH is 2. The standard InChI is InChI=1S/C18H34N4O10S7/c23-1-3-27-17(25)21-9-35-13-33-7-20-6-31-32-12-38-16-39-15-36-10-22-18(26)28-11-37-14-34-8-19-5-30-29-4-2-24/h5-6,23-24H,1-4,7-16H2,(H,21,25)(H,22,26)/b19-5-,20-6+. The fourth-order valence-corrected chi connectivity index (χ4v) is 7.15. The minimum atomic E-state index is -0.550. The Morgan fingerprint density at radius 2 is 1.18 bits per heavy atom. The maximum Gasteiger partial charge on any atom is 0.408 e. The zero-order valence-electron chi connectivity index (χ0n) is 21.0. The molecule has 0 rings (SSSR count). The summed E-state index contributed by atoms with van der Waals surface area (Å²) in [7, 11) is 0. The Balaban J connectivity index is 3.26. The third-order valence-corrected chi connectivity index (χ3v) is 10.2. The zero-order valence-corrected chi connectivity index (χ0v) is 26.7. The van der Waals surface area contributed by atoms with E-state index < -0.39 is 12.2 Å². The van der Waals surface area contributed by atoms with Crippen LogP contribution in [0.4, 0.5) is 9.59 Å². The van der Waals surface area contributed by atoms with Crippen molar-refractivity contribution < 1.29 is 48.8 Å². The molecule has 0 atom stereocenters. The number of nitrogens with zero attached hydrogens (tertiary/aromatic N) is 2. The van der Waals surface area contributed by atoms with Crippen LogP contribution in [0, 0.1) is 0 Å². The highest BCUT2D eigenvalue weighted by Gasteiger charge is 2.02. The summed E-state index contributed by atoms with van der Waals surface area (Å²) in [4.78, 5) is 49.6. The lowest BCUT2D eigenvalue weighted by Crippen LogP contribution is -2.24. The highest BCUT2D eigenvalue weighted by molar-refractivity contribution is 8.22. The molecule has 4 N–H and O–H groups in total. The van der Waals surface area contributed by atoms with Crippen LogP contribution in [0.5, 0.6) is 0 Å². The molecular formula is C18H34N4O10S7. The molecule has 0 saturated heterocycles. The van der Waals surface area contributed by atoms with E-state index >= 15 is 0 Å². The molecule has 2 amide bonds. The van der Waals surface area contributed by atoms with Gasteiger partial charge in [0.1, 0.15) is 25.1 Å². The Kier molecular flexibility index (Phi) is 33.8. The van der Waals surface area contributed by atoms with Crippen LogP contribution in [0.15, 0.2) is 9.98 Å². The van der Waals surface area contributed by atoms with Crippen molar-refractivity contribution >= 4 is 107 Å². The van der Waals surface area contributed by atoms with Crippen molar-refractivity contribution in [2.24, 2.45) is 9.98 Å². The molecule has 0 aromatic heterocycles. The van der Waals surface area contributed by atoms with Gasteiger partial charge in [-0.1, -0.05) is 0 Å². The van der Waals surface area contributed by atoms with Gasteiger partial charge in [0.25, 0.3) is 0 Å². The van der Waals surface area contributed by atoms with Crippen molar-refractivity contribution in [2.75, 3.05) is 82.2 Å². The first kappa shape index (κ1) is 38.8. The smallest absolute Gasteiger partial charge is 0.408 e. The Hall–Kier alpha value is -0.230. The second kappa shape index (κ2) is 34.0. The molecule has 0 fully saturated rings. The fraction of sp³-hybridized carbons (Fsp3) is 0.778. The van der Waals surface area contributed by atoms with Gasteiger partial charge in [-0.05, 0) is 0 Å². The summed E-state index contributed by atoms with van der Waals surface area (Å²) in [6.07, 6.45) is 1.41. The molecule has 0 aliphatic rings. The molecule has 0 saturated carbocycles. The molecule has 0 bridgehead atoms. The number of rotatable bonds is 28. The largest absolute Gasteiger partial charge is 0.447 e. The van der Waals surface area contributed by atoms with Crippen LogP contribution in [-0.2, 0) is 29.0 Å². The molecule has 228 valence electrons. The quantitative estimate of drug-likeness (QED) is 0.0235. The number of hydrogen-bond acceptors (Lipinski definition) is 19. The number of alkyl carbamates (subject to hydrolysis) is 2. The van der Waals surface area contributed by atoms with Crippen molar-refractivity contribution in [3.8, 4) is 0 Å². The van der Waals surface area contributed by atoms with Crippen LogP contribution >= 0.6 is 82.3 Å². The normalized spacial score (nSPS) is 11.1. The maximum absolute atomic E-state index is 11.6. The highest BCUT2D eigenvalue weighted by atomic mass is 32.2. The number of carbonyl (C=O) groups excluding carboxylic acids is 2. The number of hydrogen-bond donors (Lipinski definition) is 4. The molecule has 0 aliphatic carbocycles. The summed E-state index contributed by atoms with van der Waals surface area (Å²) >= 11 is 10.9. The summed E-state index contributed by atoms with van der Waals surface area (Å²) in [6, 6.07) is 0. The van der Waals surface area contributed by atoms with Crippen LogP contribution in [0.2, 0.25) is 0 Å². The van der Waals surface area contributed by atoms with Gasteiger partial charge in [0, 0.05) is 20.3 Å². The summed E-state index contributed by atoms with van der Waals surface area (Å²) in [5.41, 5.74) is 0. The molecule has 14 nitrogen and oxygen atoms in total. The molecule has 0 spiro atoms. The van der Waals surface area contributed by atoms with E-state index in [1.807, 2.05) is 0 Å². The number of aliphatic imine (C=N–C) groups is 2. The van der Waals surface area contributed by atoms with Crippen molar-refractivity contribution in [1.82, 2.24) is 10.6 Å². The first-order chi connectivity index (χ1) is 19.2. The molecule has 0 aromatic carbocycles. The van der Waals surface area contributed by atoms with E-state index in [0.717, 1.165) is 15.3 Å². The Morgan fingerprint density at radius 3 is 1.85 bits per heavy atom. The Bertz CT molecular complexity index is 633. The highest BCUT2D eigenvalue weighted by Crippen LogP contribution is 2.17. The molecule has 0 aromatic rings. The van der Waals surface area contributed by atoms with Gasteiger partial charge in [-0.3, -0.25) is 0 Å². The van der Waals surface area contributed by atoms with Gasteiger partial charge < -0.3 is 40.1 Å². The van der Waals surface area contributed by atoms with Crippen LogP contribution in [-0.4, -0.2) is 117 Å². The lowest BCUT2D eigenvalue weighted by atomic mass is 10.8. The first-order valence-corrected chi connectivity index (χ1v) is 18.9. The molecular weight excluding hydrogens is 657 g/mol. The molecule has 39 heavy (non-hydrogen) atoms. The maximum atomic E-state index is 11.6. The summed E-state index contributed by atoms with van der Waals surface area (Å²) < 4.78 is 9.71. The number of ether oxygens (including phenoxy) is 2. The summed E-state index contributed by atoms with van der Waals surface area (Å²) in [5, 5.41) is 25.3. The van der Waals surface area contributed by atoms with Crippen molar-refractivity contribution in [1.29, 1.82) is 0 Å². The monoisotopic (exact) mass is 690 g/mol. The number of amides is 2. The topological polar surface area (TPSA) is 179 Å². The number of carbonyl (C=O) groups is 2. The predicted octanol–water partition coefficient (Wildman–Crippen LogP) is 3.08. The van der Waals surface area contributed by atoms with Crippen LogP contribution in [0.3, 0.4) is 0 Å². The number of thioether (sulfide) groups is 7. The molecule has 0 unspecified atom stereocenters. The van der Waals surface area contributed by atoms with E-state index in [0.29, 0.717) is 34.5 Å². The van der Waals surface area contributed by atoms with Crippen molar-refractivity contribution in [3.05, 3.63) is 0 Å². The minimum absolute atomic E-state index is 0.0155. The van der Waals surface area contributed by atoms with Crippen LogP contribution in [0.1, 0.15) is 0 Å². The average molecular weight is 691 g/mol. The third-order valence-electron chi connectivity index (χ3n) is 2.91. The van der Waals surface area contributed by atoms with E-state index in [2.05, 4.69) is 35.1 Å². The van der Waals surface area contributed by atoms with Gasteiger partial charge in [0.2, 0.25) is 12.8 Å². The number of nitrogens with one attached hydrogen (secondary N) is 2. The van der Waals surface area contributed by atoms with E-state index in [1.165, 1.54) is 48.1 Å². The molecule has 0 radical (unpaired) electrons. The summed E-state index contributed by atoms with van der Waals surface area (Å²) in [5.74, 6) is 2.48. The fourth-order valence-electron chi connectivity index (χ4n) is 1.49. The predicted molar refractivity (Wildman–Crippen MR) is 166 cm³/mol. The van der Waals surface area contributed by atoms with Crippen LogP contribution in [0.25, 0.3) is 0 Å².